The van der Waals surface area contributed by atoms with Gasteiger partial charge in [-0.3, -0.25) is 0 Å². The number of aromatic nitrogens is 4. The second-order valence-electron chi connectivity index (χ2n) is 6.67. The van der Waals surface area contributed by atoms with Crippen LogP contribution >= 0.6 is 11.6 Å². The van der Waals surface area contributed by atoms with Crippen LogP contribution in [0.3, 0.4) is 0 Å². The average Bonchev–Trinajstić information content (AvgIpc) is 3.19. The predicted molar refractivity (Wildman–Crippen MR) is 116 cm³/mol. The van der Waals surface area contributed by atoms with Gasteiger partial charge >= 0.3 is 0 Å². The van der Waals surface area contributed by atoms with Gasteiger partial charge in [0.2, 0.25) is 11.9 Å². The van der Waals surface area contributed by atoms with Crippen molar-refractivity contribution in [3.8, 4) is 11.5 Å². The van der Waals surface area contributed by atoms with Crippen LogP contribution in [-0.2, 0) is 13.1 Å². The van der Waals surface area contributed by atoms with Crippen molar-refractivity contribution in [2.45, 2.75) is 13.1 Å². The van der Waals surface area contributed by atoms with E-state index in [1.165, 1.54) is 4.52 Å². The van der Waals surface area contributed by atoms with Crippen LogP contribution in [0.15, 0.2) is 54.6 Å². The molecule has 2 N–H and O–H groups in total. The third kappa shape index (κ3) is 4.23. The van der Waals surface area contributed by atoms with Crippen LogP contribution in [-0.4, -0.2) is 33.8 Å². The number of rotatable bonds is 7. The standard InChI is InChI=1S/C21H21ClN6O2/c1-29-16-7-3-14(4-8-16)12-27(13-15-5-9-17(30-2)10-6-15)21-25-19-11-18(22)24-20(23)28(19)26-21/h3-11H,12-13H2,1-2H3,(H2,23,24). The summed E-state index contributed by atoms with van der Waals surface area (Å²) in [6, 6.07) is 17.4. The average molecular weight is 425 g/mol. The molecule has 0 unspecified atom stereocenters. The first kappa shape index (κ1) is 19.8. The van der Waals surface area contributed by atoms with E-state index in [-0.39, 0.29) is 11.1 Å². The van der Waals surface area contributed by atoms with Gasteiger partial charge in [-0.15, -0.1) is 5.10 Å². The van der Waals surface area contributed by atoms with Crippen LogP contribution in [0.5, 0.6) is 11.5 Å². The topological polar surface area (TPSA) is 90.8 Å². The number of hydrogen-bond donors (Lipinski definition) is 1. The Balaban J connectivity index is 1.68. The smallest absolute Gasteiger partial charge is 0.246 e. The molecule has 0 aliphatic rings. The number of halogens is 1. The van der Waals surface area contributed by atoms with Gasteiger partial charge in [-0.25, -0.2) is 4.98 Å². The molecule has 0 aliphatic heterocycles. The lowest BCUT2D eigenvalue weighted by Gasteiger charge is -2.21. The van der Waals surface area contributed by atoms with Gasteiger partial charge in [0.25, 0.3) is 0 Å². The van der Waals surface area contributed by atoms with Crippen LogP contribution in [0.25, 0.3) is 5.65 Å². The maximum absolute atomic E-state index is 6.02. The highest BCUT2D eigenvalue weighted by molar-refractivity contribution is 6.29. The third-order valence-corrected chi connectivity index (χ3v) is 4.85. The fourth-order valence-corrected chi connectivity index (χ4v) is 3.29. The first-order chi connectivity index (χ1) is 14.6. The summed E-state index contributed by atoms with van der Waals surface area (Å²) in [6.45, 7) is 1.18. The summed E-state index contributed by atoms with van der Waals surface area (Å²) in [4.78, 5) is 10.7. The van der Waals surface area contributed by atoms with Gasteiger partial charge in [-0.2, -0.15) is 9.50 Å². The molecule has 2 aromatic carbocycles. The SMILES string of the molecule is COc1ccc(CN(Cc2ccc(OC)cc2)c2nc3cc(Cl)nc(N)n3n2)cc1. The molecule has 0 atom stereocenters. The lowest BCUT2D eigenvalue weighted by molar-refractivity contribution is 0.414. The molecule has 9 heteroatoms. The summed E-state index contributed by atoms with van der Waals surface area (Å²) in [5.74, 6) is 2.32. The highest BCUT2D eigenvalue weighted by Crippen LogP contribution is 2.22. The minimum atomic E-state index is 0.185. The van der Waals surface area contributed by atoms with Crippen molar-refractivity contribution >= 4 is 29.1 Å². The van der Waals surface area contributed by atoms with E-state index in [0.717, 1.165) is 22.6 Å². The molecule has 2 heterocycles. The number of benzene rings is 2. The van der Waals surface area contributed by atoms with E-state index >= 15 is 0 Å². The van der Waals surface area contributed by atoms with Gasteiger partial charge in [0, 0.05) is 19.2 Å². The Labute approximate surface area is 178 Å². The number of nitrogen functional groups attached to an aromatic ring is 1. The Hall–Kier alpha value is -3.52. The van der Waals surface area contributed by atoms with Crippen molar-refractivity contribution in [1.82, 2.24) is 19.6 Å². The second kappa shape index (κ2) is 8.46. The van der Waals surface area contributed by atoms with E-state index in [1.54, 1.807) is 20.3 Å². The minimum Gasteiger partial charge on any atom is -0.497 e. The maximum Gasteiger partial charge on any atom is 0.246 e. The van der Waals surface area contributed by atoms with Crippen molar-refractivity contribution in [2.75, 3.05) is 24.9 Å². The van der Waals surface area contributed by atoms with Crippen LogP contribution in [0.4, 0.5) is 11.9 Å². The van der Waals surface area contributed by atoms with E-state index in [0.29, 0.717) is 24.7 Å². The highest BCUT2D eigenvalue weighted by atomic mass is 35.5. The molecule has 0 aliphatic carbocycles. The van der Waals surface area contributed by atoms with E-state index in [9.17, 15) is 0 Å². The summed E-state index contributed by atoms with van der Waals surface area (Å²) < 4.78 is 12.0. The van der Waals surface area contributed by atoms with E-state index in [4.69, 9.17) is 26.8 Å². The quantitative estimate of drug-likeness (QED) is 0.453. The predicted octanol–water partition coefficient (Wildman–Crippen LogP) is 3.58. The van der Waals surface area contributed by atoms with E-state index < -0.39 is 0 Å². The van der Waals surface area contributed by atoms with Crippen molar-refractivity contribution in [3.05, 3.63) is 70.9 Å². The largest absolute Gasteiger partial charge is 0.497 e. The molecular formula is C21H21ClN6O2. The Bertz CT molecular complexity index is 1100. The number of nitrogens with zero attached hydrogens (tertiary/aromatic N) is 5. The van der Waals surface area contributed by atoms with Gasteiger partial charge in [0.1, 0.15) is 16.7 Å². The van der Waals surface area contributed by atoms with E-state index in [1.807, 2.05) is 48.5 Å². The summed E-state index contributed by atoms with van der Waals surface area (Å²) in [7, 11) is 3.30. The Morgan fingerprint density at radius 3 is 1.93 bits per heavy atom. The van der Waals surface area contributed by atoms with Crippen LogP contribution < -0.4 is 20.1 Å². The summed E-state index contributed by atoms with van der Waals surface area (Å²) in [5, 5.41) is 4.82. The maximum atomic E-state index is 6.02. The van der Waals surface area contributed by atoms with Crippen molar-refractivity contribution < 1.29 is 9.47 Å². The molecule has 0 radical (unpaired) electrons. The molecule has 4 aromatic rings. The molecule has 0 bridgehead atoms. The Morgan fingerprint density at radius 2 is 1.43 bits per heavy atom. The summed E-state index contributed by atoms with van der Waals surface area (Å²) >= 11 is 6.02. The summed E-state index contributed by atoms with van der Waals surface area (Å²) in [6.07, 6.45) is 0. The number of anilines is 2. The molecule has 0 saturated carbocycles. The lowest BCUT2D eigenvalue weighted by Crippen LogP contribution is -2.23. The molecule has 0 fully saturated rings. The first-order valence-electron chi connectivity index (χ1n) is 9.25. The fraction of sp³-hybridized carbons (Fsp3) is 0.190. The molecule has 0 spiro atoms. The lowest BCUT2D eigenvalue weighted by atomic mass is 10.1. The number of hydrogen-bond acceptors (Lipinski definition) is 7. The zero-order chi connectivity index (χ0) is 21.1. The molecule has 2 aromatic heterocycles. The zero-order valence-electron chi connectivity index (χ0n) is 16.6. The molecule has 30 heavy (non-hydrogen) atoms. The summed E-state index contributed by atoms with van der Waals surface area (Å²) in [5.41, 5.74) is 8.68. The van der Waals surface area contributed by atoms with Crippen LogP contribution in [0.1, 0.15) is 11.1 Å². The zero-order valence-corrected chi connectivity index (χ0v) is 17.4. The minimum absolute atomic E-state index is 0.185. The van der Waals surface area contributed by atoms with Crippen molar-refractivity contribution in [1.29, 1.82) is 0 Å². The molecule has 4 rings (SSSR count). The highest BCUT2D eigenvalue weighted by Gasteiger charge is 2.16. The molecule has 0 amide bonds. The van der Waals surface area contributed by atoms with Gasteiger partial charge in [-0.1, -0.05) is 35.9 Å². The van der Waals surface area contributed by atoms with Gasteiger partial charge in [-0.05, 0) is 35.4 Å². The number of nitrogens with two attached hydrogens (primary N) is 1. The second-order valence-corrected chi connectivity index (χ2v) is 7.06. The fourth-order valence-electron chi connectivity index (χ4n) is 3.10. The van der Waals surface area contributed by atoms with E-state index in [2.05, 4.69) is 20.0 Å². The molecule has 8 nitrogen and oxygen atoms in total. The van der Waals surface area contributed by atoms with Gasteiger partial charge < -0.3 is 20.1 Å². The number of fused-ring (bicyclic) bond motifs is 1. The van der Waals surface area contributed by atoms with Crippen LogP contribution in [0.2, 0.25) is 5.15 Å². The monoisotopic (exact) mass is 424 g/mol. The number of methoxy groups -OCH3 is 2. The molecule has 154 valence electrons. The third-order valence-electron chi connectivity index (χ3n) is 4.66. The van der Waals surface area contributed by atoms with Crippen LogP contribution in [0, 0.1) is 0 Å². The van der Waals surface area contributed by atoms with Crippen molar-refractivity contribution in [3.63, 3.8) is 0 Å². The number of ether oxygens (including phenoxy) is 2. The molecule has 0 saturated heterocycles. The van der Waals surface area contributed by atoms with Gasteiger partial charge in [0.15, 0.2) is 5.65 Å². The molecular weight excluding hydrogens is 404 g/mol. The Kier molecular flexibility index (Phi) is 5.58. The Morgan fingerprint density at radius 1 is 0.900 bits per heavy atom. The first-order valence-corrected chi connectivity index (χ1v) is 9.63. The van der Waals surface area contributed by atoms with Crippen molar-refractivity contribution in [2.24, 2.45) is 0 Å². The normalized spacial score (nSPS) is 10.9. The van der Waals surface area contributed by atoms with Gasteiger partial charge in [0.05, 0.1) is 14.2 Å².